The molecule has 2 heterocycles. The van der Waals surface area contributed by atoms with Crippen LogP contribution >= 0.6 is 24.0 Å². The number of amides is 1. The van der Waals surface area contributed by atoms with E-state index in [9.17, 15) is 4.79 Å². The van der Waals surface area contributed by atoms with E-state index in [4.69, 9.17) is 31.4 Å². The highest BCUT2D eigenvalue weighted by molar-refractivity contribution is 8.26. The van der Waals surface area contributed by atoms with Crippen LogP contribution in [-0.2, 0) is 11.2 Å². The fourth-order valence-corrected chi connectivity index (χ4v) is 4.68. The number of thiocarbonyl (C=S) groups is 1. The summed E-state index contributed by atoms with van der Waals surface area (Å²) in [6.45, 7) is 0.464. The first kappa shape index (κ1) is 22.6. The molecule has 0 unspecified atom stereocenters. The van der Waals surface area contributed by atoms with Crippen LogP contribution in [0, 0.1) is 11.3 Å². The van der Waals surface area contributed by atoms with Gasteiger partial charge in [-0.3, -0.25) is 9.69 Å². The van der Waals surface area contributed by atoms with Gasteiger partial charge in [-0.05, 0) is 60.5 Å². The Labute approximate surface area is 201 Å². The van der Waals surface area contributed by atoms with E-state index >= 15 is 0 Å². The summed E-state index contributed by atoms with van der Waals surface area (Å²) >= 11 is 6.71. The largest absolute Gasteiger partial charge is 0.493 e. The number of thioether (sulfide) groups is 1. The van der Waals surface area contributed by atoms with Gasteiger partial charge in [0.2, 0.25) is 0 Å². The van der Waals surface area contributed by atoms with Crippen molar-refractivity contribution in [3.05, 3.63) is 76.4 Å². The standard InChI is InChI=1S/C25H20N2O4S2/c1-29-21-9-5-16(13-22(21)30-2)11-12-27-24(28)23(33-25(27)32)14-19-8-10-20(31-19)18-6-3-17(15-26)4-7-18/h3-10,13-14H,11-12H2,1-2H3. The molecule has 6 nitrogen and oxygen atoms in total. The van der Waals surface area contributed by atoms with Crippen LogP contribution < -0.4 is 9.47 Å². The lowest BCUT2D eigenvalue weighted by Gasteiger charge is -2.15. The van der Waals surface area contributed by atoms with E-state index in [0.717, 1.165) is 11.1 Å². The van der Waals surface area contributed by atoms with E-state index in [1.54, 1.807) is 37.3 Å². The Balaban J connectivity index is 1.45. The fourth-order valence-electron chi connectivity index (χ4n) is 3.39. The van der Waals surface area contributed by atoms with Crippen molar-refractivity contribution in [2.75, 3.05) is 20.8 Å². The second-order valence-electron chi connectivity index (χ2n) is 7.16. The second kappa shape index (κ2) is 9.94. The summed E-state index contributed by atoms with van der Waals surface area (Å²) in [7, 11) is 3.19. The van der Waals surface area contributed by atoms with Crippen molar-refractivity contribution in [1.82, 2.24) is 4.90 Å². The van der Waals surface area contributed by atoms with Crippen molar-refractivity contribution in [3.63, 3.8) is 0 Å². The van der Waals surface area contributed by atoms with Gasteiger partial charge in [-0.1, -0.05) is 30.0 Å². The van der Waals surface area contributed by atoms with Crippen LogP contribution in [0.5, 0.6) is 11.5 Å². The molecule has 1 aliphatic rings. The van der Waals surface area contributed by atoms with E-state index in [-0.39, 0.29) is 5.91 Å². The number of furan rings is 1. The molecular formula is C25H20N2O4S2. The summed E-state index contributed by atoms with van der Waals surface area (Å²) in [6.07, 6.45) is 2.34. The first-order chi connectivity index (χ1) is 16.0. The zero-order chi connectivity index (χ0) is 23.4. The number of carbonyl (C=O) groups excluding carboxylic acids is 1. The maximum absolute atomic E-state index is 12.9. The number of hydrogen-bond acceptors (Lipinski definition) is 7. The Morgan fingerprint density at radius 2 is 1.85 bits per heavy atom. The lowest BCUT2D eigenvalue weighted by Crippen LogP contribution is -2.30. The lowest BCUT2D eigenvalue weighted by molar-refractivity contribution is -0.122. The highest BCUT2D eigenvalue weighted by Crippen LogP contribution is 2.34. The highest BCUT2D eigenvalue weighted by Gasteiger charge is 2.32. The van der Waals surface area contributed by atoms with Crippen molar-refractivity contribution < 1.29 is 18.7 Å². The molecule has 1 aromatic heterocycles. The number of methoxy groups -OCH3 is 2. The third-order valence-electron chi connectivity index (χ3n) is 5.14. The Bertz CT molecular complexity index is 1270. The maximum Gasteiger partial charge on any atom is 0.266 e. The zero-order valence-corrected chi connectivity index (χ0v) is 19.7. The second-order valence-corrected chi connectivity index (χ2v) is 8.84. The maximum atomic E-state index is 12.9. The number of rotatable bonds is 7. The molecule has 3 aromatic rings. The SMILES string of the molecule is COc1ccc(CCN2C(=O)C(=Cc3ccc(-c4ccc(C#N)cc4)o3)SC2=S)cc1OC. The molecule has 0 spiro atoms. The van der Waals surface area contributed by atoms with Gasteiger partial charge >= 0.3 is 0 Å². The molecule has 0 aliphatic carbocycles. The van der Waals surface area contributed by atoms with E-state index in [0.29, 0.717) is 50.8 Å². The molecule has 1 saturated heterocycles. The van der Waals surface area contributed by atoms with Crippen LogP contribution in [0.2, 0.25) is 0 Å². The number of ether oxygens (including phenoxy) is 2. The van der Waals surface area contributed by atoms with Crippen molar-refractivity contribution in [2.24, 2.45) is 0 Å². The van der Waals surface area contributed by atoms with Crippen LogP contribution in [0.25, 0.3) is 17.4 Å². The zero-order valence-electron chi connectivity index (χ0n) is 18.0. The van der Waals surface area contributed by atoms with Gasteiger partial charge in [0.1, 0.15) is 15.8 Å². The lowest BCUT2D eigenvalue weighted by atomic mass is 10.1. The van der Waals surface area contributed by atoms with E-state index < -0.39 is 0 Å². The number of carbonyl (C=O) groups is 1. The topological polar surface area (TPSA) is 75.7 Å². The van der Waals surface area contributed by atoms with E-state index in [1.165, 1.54) is 11.8 Å². The third kappa shape index (κ3) is 4.95. The molecule has 0 N–H and O–H groups in total. The minimum absolute atomic E-state index is 0.137. The third-order valence-corrected chi connectivity index (χ3v) is 6.52. The Kier molecular flexibility index (Phi) is 6.82. The molecule has 0 bridgehead atoms. The van der Waals surface area contributed by atoms with Crippen molar-refractivity contribution in [2.45, 2.75) is 6.42 Å². The average Bonchev–Trinajstić information content (AvgIpc) is 3.41. The van der Waals surface area contributed by atoms with Gasteiger partial charge in [-0.2, -0.15) is 5.26 Å². The molecule has 1 fully saturated rings. The van der Waals surface area contributed by atoms with Gasteiger partial charge in [-0.15, -0.1) is 0 Å². The van der Waals surface area contributed by atoms with Crippen molar-refractivity contribution in [1.29, 1.82) is 5.26 Å². The van der Waals surface area contributed by atoms with Crippen LogP contribution in [-0.4, -0.2) is 35.9 Å². The molecule has 0 saturated carbocycles. The summed E-state index contributed by atoms with van der Waals surface area (Å²) in [6, 6.07) is 18.6. The van der Waals surface area contributed by atoms with Crippen molar-refractivity contribution in [3.8, 4) is 28.9 Å². The molecule has 33 heavy (non-hydrogen) atoms. The summed E-state index contributed by atoms with van der Waals surface area (Å²) in [5.41, 5.74) is 2.46. The molecular weight excluding hydrogens is 456 g/mol. The Hall–Kier alpha value is -3.54. The molecule has 1 amide bonds. The Morgan fingerprint density at radius 1 is 1.09 bits per heavy atom. The van der Waals surface area contributed by atoms with Crippen molar-refractivity contribution >= 4 is 40.3 Å². The predicted molar refractivity (Wildman–Crippen MR) is 132 cm³/mol. The molecule has 2 aromatic carbocycles. The van der Waals surface area contributed by atoms with Gasteiger partial charge in [0.05, 0.1) is 30.8 Å². The first-order valence-electron chi connectivity index (χ1n) is 10.1. The summed E-state index contributed by atoms with van der Waals surface area (Å²) in [5.74, 6) is 2.40. The molecule has 4 rings (SSSR count). The van der Waals surface area contributed by atoms with Crippen LogP contribution in [0.15, 0.2) is 63.9 Å². The highest BCUT2D eigenvalue weighted by atomic mass is 32.2. The van der Waals surface area contributed by atoms with Gasteiger partial charge < -0.3 is 13.9 Å². The summed E-state index contributed by atoms with van der Waals surface area (Å²) < 4.78 is 17.0. The van der Waals surface area contributed by atoms with Crippen LogP contribution in [0.4, 0.5) is 0 Å². The van der Waals surface area contributed by atoms with E-state index in [2.05, 4.69) is 6.07 Å². The predicted octanol–water partition coefficient (Wildman–Crippen LogP) is 5.28. The fraction of sp³-hybridized carbons (Fsp3) is 0.160. The monoisotopic (exact) mass is 476 g/mol. The van der Waals surface area contributed by atoms with Gasteiger partial charge in [0, 0.05) is 18.2 Å². The minimum Gasteiger partial charge on any atom is -0.493 e. The number of benzene rings is 2. The first-order valence-corrected chi connectivity index (χ1v) is 11.3. The molecule has 166 valence electrons. The summed E-state index contributed by atoms with van der Waals surface area (Å²) in [5, 5.41) is 8.94. The quantitative estimate of drug-likeness (QED) is 0.339. The molecule has 1 aliphatic heterocycles. The minimum atomic E-state index is -0.137. The molecule has 8 heteroatoms. The summed E-state index contributed by atoms with van der Waals surface area (Å²) in [4.78, 5) is 15.1. The average molecular weight is 477 g/mol. The van der Waals surface area contributed by atoms with Crippen LogP contribution in [0.1, 0.15) is 16.9 Å². The molecule has 0 atom stereocenters. The number of nitrogens with zero attached hydrogens (tertiary/aromatic N) is 2. The number of hydrogen-bond donors (Lipinski definition) is 0. The van der Waals surface area contributed by atoms with Gasteiger partial charge in [-0.25, -0.2) is 0 Å². The van der Waals surface area contributed by atoms with Gasteiger partial charge in [0.15, 0.2) is 11.5 Å². The van der Waals surface area contributed by atoms with Gasteiger partial charge in [0.25, 0.3) is 5.91 Å². The van der Waals surface area contributed by atoms with E-state index in [1.807, 2.05) is 42.5 Å². The smallest absolute Gasteiger partial charge is 0.266 e. The molecule has 0 radical (unpaired) electrons. The Morgan fingerprint density at radius 3 is 2.55 bits per heavy atom. The van der Waals surface area contributed by atoms with Crippen LogP contribution in [0.3, 0.4) is 0 Å². The number of nitriles is 1. The normalized spacial score (nSPS) is 14.6.